The van der Waals surface area contributed by atoms with Gasteiger partial charge in [0.25, 0.3) is 5.91 Å². The number of hydrogen-bond donors (Lipinski definition) is 1. The molecule has 0 radical (unpaired) electrons. The molecule has 2 aromatic carbocycles. The molecular formula is C19H19NO2. The van der Waals surface area contributed by atoms with Crippen molar-refractivity contribution in [3.8, 4) is 11.8 Å². The number of hydrogen-bond acceptors (Lipinski definition) is 2. The van der Waals surface area contributed by atoms with Crippen LogP contribution in [0.1, 0.15) is 34.3 Å². The third kappa shape index (κ3) is 5.43. The Kier molecular flexibility index (Phi) is 6.22. The van der Waals surface area contributed by atoms with Crippen molar-refractivity contribution in [2.45, 2.75) is 19.8 Å². The van der Waals surface area contributed by atoms with Gasteiger partial charge in [-0.1, -0.05) is 47.7 Å². The average Bonchev–Trinajstić information content (AvgIpc) is 2.54. The Bertz CT molecular complexity index is 669. The molecule has 0 spiro atoms. The van der Waals surface area contributed by atoms with Gasteiger partial charge in [0.05, 0.1) is 6.61 Å². The van der Waals surface area contributed by atoms with E-state index >= 15 is 0 Å². The molecule has 0 aliphatic rings. The molecule has 0 bridgehead atoms. The summed E-state index contributed by atoms with van der Waals surface area (Å²) in [6.07, 6.45) is 1.50. The normalized spacial score (nSPS) is 9.68. The molecule has 0 unspecified atom stereocenters. The average molecular weight is 293 g/mol. The third-order valence-corrected chi connectivity index (χ3v) is 3.00. The molecule has 1 N–H and O–H groups in total. The van der Waals surface area contributed by atoms with E-state index in [-0.39, 0.29) is 5.91 Å². The van der Waals surface area contributed by atoms with Crippen LogP contribution in [-0.2, 0) is 4.84 Å². The summed E-state index contributed by atoms with van der Waals surface area (Å²) in [5, 5.41) is 0. The Hall–Kier alpha value is -2.57. The lowest BCUT2D eigenvalue weighted by Crippen LogP contribution is -2.24. The van der Waals surface area contributed by atoms with Crippen LogP contribution < -0.4 is 5.48 Å². The third-order valence-electron chi connectivity index (χ3n) is 3.00. The van der Waals surface area contributed by atoms with Crippen LogP contribution in [0.15, 0.2) is 54.6 Å². The van der Waals surface area contributed by atoms with E-state index in [1.807, 2.05) is 55.5 Å². The summed E-state index contributed by atoms with van der Waals surface area (Å²) in [7, 11) is 0. The highest BCUT2D eigenvalue weighted by Gasteiger charge is 2.04. The summed E-state index contributed by atoms with van der Waals surface area (Å²) in [6, 6.07) is 17.2. The van der Waals surface area contributed by atoms with Crippen molar-refractivity contribution in [2.75, 3.05) is 6.61 Å². The minimum absolute atomic E-state index is 0.223. The highest BCUT2D eigenvalue weighted by atomic mass is 16.6. The zero-order chi connectivity index (χ0) is 15.6. The van der Waals surface area contributed by atoms with Crippen LogP contribution in [0, 0.1) is 18.8 Å². The Morgan fingerprint density at radius 3 is 2.73 bits per heavy atom. The van der Waals surface area contributed by atoms with Gasteiger partial charge in [-0.25, -0.2) is 5.48 Å². The zero-order valence-electron chi connectivity index (χ0n) is 12.6. The van der Waals surface area contributed by atoms with Crippen LogP contribution >= 0.6 is 0 Å². The minimum atomic E-state index is -0.223. The topological polar surface area (TPSA) is 38.3 Å². The summed E-state index contributed by atoms with van der Waals surface area (Å²) < 4.78 is 0. The molecule has 0 fully saturated rings. The van der Waals surface area contributed by atoms with Gasteiger partial charge in [-0.15, -0.1) is 0 Å². The molecule has 0 atom stereocenters. The second kappa shape index (κ2) is 8.66. The molecule has 0 aromatic heterocycles. The Balaban J connectivity index is 1.64. The lowest BCUT2D eigenvalue weighted by atomic mass is 10.1. The Morgan fingerprint density at radius 2 is 1.95 bits per heavy atom. The number of nitrogens with one attached hydrogen (secondary N) is 1. The highest BCUT2D eigenvalue weighted by Crippen LogP contribution is 2.03. The largest absolute Gasteiger partial charge is 0.274 e. The van der Waals surface area contributed by atoms with Gasteiger partial charge < -0.3 is 0 Å². The van der Waals surface area contributed by atoms with Crippen molar-refractivity contribution in [1.82, 2.24) is 5.48 Å². The number of unbranched alkanes of at least 4 members (excludes halogenated alkanes) is 1. The molecule has 3 nitrogen and oxygen atoms in total. The van der Waals surface area contributed by atoms with Crippen molar-refractivity contribution in [3.05, 3.63) is 71.3 Å². The van der Waals surface area contributed by atoms with Gasteiger partial charge in [-0.05, 0) is 37.6 Å². The second-order valence-electron chi connectivity index (χ2n) is 4.92. The number of hydroxylamine groups is 1. The molecule has 0 saturated carbocycles. The fourth-order valence-corrected chi connectivity index (χ4v) is 1.88. The number of aryl methyl sites for hydroxylation is 1. The van der Waals surface area contributed by atoms with Crippen molar-refractivity contribution in [1.29, 1.82) is 0 Å². The van der Waals surface area contributed by atoms with E-state index in [0.29, 0.717) is 12.2 Å². The van der Waals surface area contributed by atoms with E-state index in [1.165, 1.54) is 0 Å². The van der Waals surface area contributed by atoms with Gasteiger partial charge in [0.15, 0.2) is 0 Å². The molecule has 2 aromatic rings. The van der Waals surface area contributed by atoms with E-state index < -0.39 is 0 Å². The van der Waals surface area contributed by atoms with Gasteiger partial charge in [-0.2, -0.15) is 0 Å². The quantitative estimate of drug-likeness (QED) is 0.520. The first-order chi connectivity index (χ1) is 10.8. The molecule has 0 saturated heterocycles. The monoisotopic (exact) mass is 293 g/mol. The molecule has 1 amide bonds. The number of benzene rings is 2. The van der Waals surface area contributed by atoms with Crippen LogP contribution in [0.3, 0.4) is 0 Å². The predicted octanol–water partition coefficient (Wildman–Crippen LogP) is 3.49. The predicted molar refractivity (Wildman–Crippen MR) is 87.2 cm³/mol. The molecule has 0 heterocycles. The van der Waals surface area contributed by atoms with Gasteiger partial charge in [0.2, 0.25) is 0 Å². The first-order valence-electron chi connectivity index (χ1n) is 7.28. The minimum Gasteiger partial charge on any atom is -0.273 e. The smallest absolute Gasteiger partial charge is 0.273 e. The molecule has 0 aliphatic heterocycles. The van der Waals surface area contributed by atoms with Crippen molar-refractivity contribution in [3.63, 3.8) is 0 Å². The summed E-state index contributed by atoms with van der Waals surface area (Å²) in [5.74, 6) is 5.95. The highest BCUT2D eigenvalue weighted by molar-refractivity contribution is 5.93. The molecule has 0 aliphatic carbocycles. The van der Waals surface area contributed by atoms with Gasteiger partial charge in [-0.3, -0.25) is 9.63 Å². The van der Waals surface area contributed by atoms with Crippen molar-refractivity contribution < 1.29 is 9.63 Å². The SMILES string of the molecule is Cc1cccc(C(=O)NOCCCC#Cc2ccccc2)c1. The standard InChI is InChI=1S/C19H19NO2/c1-16-9-8-13-18(15-16)19(21)20-22-14-7-3-6-12-17-10-4-2-5-11-17/h2,4-5,8-11,13,15H,3,7,14H2,1H3,(H,20,21). The van der Waals surface area contributed by atoms with Crippen LogP contribution in [-0.4, -0.2) is 12.5 Å². The van der Waals surface area contributed by atoms with E-state index in [9.17, 15) is 4.79 Å². The van der Waals surface area contributed by atoms with Gasteiger partial charge in [0, 0.05) is 17.5 Å². The molecule has 112 valence electrons. The van der Waals surface area contributed by atoms with E-state index in [4.69, 9.17) is 4.84 Å². The summed E-state index contributed by atoms with van der Waals surface area (Å²) in [6.45, 7) is 2.39. The lowest BCUT2D eigenvalue weighted by molar-refractivity contribution is 0.0307. The fourth-order valence-electron chi connectivity index (χ4n) is 1.88. The first-order valence-corrected chi connectivity index (χ1v) is 7.28. The number of rotatable bonds is 5. The van der Waals surface area contributed by atoms with Crippen LogP contribution in [0.5, 0.6) is 0 Å². The van der Waals surface area contributed by atoms with Crippen molar-refractivity contribution >= 4 is 5.91 Å². The summed E-state index contributed by atoms with van der Waals surface area (Å²) in [4.78, 5) is 17.0. The maximum Gasteiger partial charge on any atom is 0.274 e. The van der Waals surface area contributed by atoms with Crippen LogP contribution in [0.2, 0.25) is 0 Å². The van der Waals surface area contributed by atoms with Crippen molar-refractivity contribution in [2.24, 2.45) is 0 Å². The Labute approximate surface area is 131 Å². The first kappa shape index (κ1) is 15.8. The van der Waals surface area contributed by atoms with Crippen LogP contribution in [0.25, 0.3) is 0 Å². The Morgan fingerprint density at radius 1 is 1.14 bits per heavy atom. The van der Waals surface area contributed by atoms with E-state index in [0.717, 1.165) is 24.0 Å². The van der Waals surface area contributed by atoms with Gasteiger partial charge >= 0.3 is 0 Å². The number of carbonyl (C=O) groups is 1. The van der Waals surface area contributed by atoms with E-state index in [2.05, 4.69) is 17.3 Å². The summed E-state index contributed by atoms with van der Waals surface area (Å²) >= 11 is 0. The zero-order valence-corrected chi connectivity index (χ0v) is 12.6. The van der Waals surface area contributed by atoms with Gasteiger partial charge in [0.1, 0.15) is 0 Å². The summed E-state index contributed by atoms with van der Waals surface area (Å²) in [5.41, 5.74) is 5.10. The lowest BCUT2D eigenvalue weighted by Gasteiger charge is -2.05. The molecule has 2 rings (SSSR count). The van der Waals surface area contributed by atoms with Crippen LogP contribution in [0.4, 0.5) is 0 Å². The number of amides is 1. The molecule has 3 heteroatoms. The van der Waals surface area contributed by atoms with E-state index in [1.54, 1.807) is 6.07 Å². The molecular weight excluding hydrogens is 274 g/mol. The maximum absolute atomic E-state index is 11.8. The fraction of sp³-hybridized carbons (Fsp3) is 0.211. The molecule has 22 heavy (non-hydrogen) atoms. The second-order valence-corrected chi connectivity index (χ2v) is 4.92. The maximum atomic E-state index is 11.8. The number of carbonyl (C=O) groups excluding carboxylic acids is 1.